The molecule has 0 atom stereocenters. The lowest BCUT2D eigenvalue weighted by Gasteiger charge is -2.19. The monoisotopic (exact) mass is 293 g/mol. The van der Waals surface area contributed by atoms with Gasteiger partial charge in [0.25, 0.3) is 0 Å². The molecule has 22 heavy (non-hydrogen) atoms. The minimum absolute atomic E-state index is 0.0801. The molecule has 0 aliphatic heterocycles. The second kappa shape index (κ2) is 5.02. The third-order valence-corrected chi connectivity index (χ3v) is 3.79. The number of anilines is 1. The van der Waals surface area contributed by atoms with Crippen molar-refractivity contribution in [1.82, 2.24) is 0 Å². The van der Waals surface area contributed by atoms with Gasteiger partial charge in [-0.1, -0.05) is 45.0 Å². The van der Waals surface area contributed by atoms with E-state index in [1.54, 1.807) is 18.2 Å². The molecule has 0 amide bonds. The molecule has 0 spiro atoms. The molecule has 0 aliphatic carbocycles. The Balaban J connectivity index is 2.11. The van der Waals surface area contributed by atoms with Crippen molar-refractivity contribution in [3.05, 3.63) is 64.3 Å². The molecular weight excluding hydrogens is 274 g/mol. The van der Waals surface area contributed by atoms with Gasteiger partial charge in [0.15, 0.2) is 5.43 Å². The van der Waals surface area contributed by atoms with Crippen molar-refractivity contribution in [2.24, 2.45) is 0 Å². The summed E-state index contributed by atoms with van der Waals surface area (Å²) in [6, 6.07) is 14.8. The normalized spacial score (nSPS) is 11.8. The van der Waals surface area contributed by atoms with Crippen LogP contribution in [-0.4, -0.2) is 0 Å². The molecule has 0 saturated carbocycles. The predicted octanol–water partition coefficient (Wildman–Crippen LogP) is 4.34. The summed E-state index contributed by atoms with van der Waals surface area (Å²) < 4.78 is 5.85. The lowest BCUT2D eigenvalue weighted by Crippen LogP contribution is -2.10. The molecule has 1 heterocycles. The molecule has 0 bridgehead atoms. The first-order chi connectivity index (χ1) is 10.3. The quantitative estimate of drug-likeness (QED) is 0.679. The van der Waals surface area contributed by atoms with E-state index in [-0.39, 0.29) is 10.8 Å². The Morgan fingerprint density at radius 3 is 2.27 bits per heavy atom. The Morgan fingerprint density at radius 1 is 0.955 bits per heavy atom. The summed E-state index contributed by atoms with van der Waals surface area (Å²) in [5, 5.41) is 0.509. The smallest absolute Gasteiger partial charge is 0.193 e. The maximum absolute atomic E-state index is 12.2. The summed E-state index contributed by atoms with van der Waals surface area (Å²) in [5.41, 5.74) is 8.98. The van der Waals surface area contributed by atoms with Gasteiger partial charge in [-0.15, -0.1) is 0 Å². The van der Waals surface area contributed by atoms with Crippen molar-refractivity contribution in [2.45, 2.75) is 26.2 Å². The Kier molecular flexibility index (Phi) is 3.28. The van der Waals surface area contributed by atoms with Crippen LogP contribution in [0.25, 0.3) is 22.3 Å². The second-order valence-corrected chi connectivity index (χ2v) is 6.56. The molecule has 3 heteroatoms. The van der Waals surface area contributed by atoms with Crippen molar-refractivity contribution in [3.8, 4) is 11.3 Å². The number of hydrogen-bond donors (Lipinski definition) is 1. The number of benzene rings is 2. The van der Waals surface area contributed by atoms with Crippen LogP contribution in [0.5, 0.6) is 0 Å². The van der Waals surface area contributed by atoms with Crippen LogP contribution >= 0.6 is 0 Å². The summed E-state index contributed by atoms with van der Waals surface area (Å²) in [4.78, 5) is 12.2. The largest absolute Gasteiger partial charge is 0.456 e. The van der Waals surface area contributed by atoms with Gasteiger partial charge in [0, 0.05) is 17.3 Å². The fourth-order valence-electron chi connectivity index (χ4n) is 2.45. The van der Waals surface area contributed by atoms with Gasteiger partial charge < -0.3 is 10.2 Å². The van der Waals surface area contributed by atoms with Gasteiger partial charge in [-0.05, 0) is 29.2 Å². The Labute approximate surface area is 129 Å². The van der Waals surface area contributed by atoms with Gasteiger partial charge in [0.2, 0.25) is 0 Å². The highest BCUT2D eigenvalue weighted by atomic mass is 16.3. The summed E-state index contributed by atoms with van der Waals surface area (Å²) in [6.07, 6.45) is 0. The number of rotatable bonds is 1. The number of fused-ring (bicyclic) bond motifs is 1. The van der Waals surface area contributed by atoms with E-state index in [0.29, 0.717) is 22.4 Å². The molecule has 0 fully saturated rings. The molecule has 3 nitrogen and oxygen atoms in total. The van der Waals surface area contributed by atoms with E-state index in [9.17, 15) is 4.79 Å². The van der Waals surface area contributed by atoms with Crippen LogP contribution in [0.3, 0.4) is 0 Å². The van der Waals surface area contributed by atoms with E-state index in [4.69, 9.17) is 10.2 Å². The summed E-state index contributed by atoms with van der Waals surface area (Å²) in [7, 11) is 0. The molecule has 3 aromatic rings. The van der Waals surface area contributed by atoms with E-state index in [1.165, 1.54) is 11.6 Å². The zero-order chi connectivity index (χ0) is 15.9. The van der Waals surface area contributed by atoms with E-state index in [2.05, 4.69) is 32.9 Å². The minimum atomic E-state index is -0.0801. The van der Waals surface area contributed by atoms with Crippen molar-refractivity contribution >= 4 is 16.7 Å². The van der Waals surface area contributed by atoms with Crippen molar-refractivity contribution in [3.63, 3.8) is 0 Å². The molecule has 2 N–H and O–H groups in total. The highest BCUT2D eigenvalue weighted by Crippen LogP contribution is 2.27. The summed E-state index contributed by atoms with van der Waals surface area (Å²) in [5.74, 6) is 0.572. The zero-order valence-electron chi connectivity index (χ0n) is 13.0. The fraction of sp³-hybridized carbons (Fsp3) is 0.211. The minimum Gasteiger partial charge on any atom is -0.456 e. The first kappa shape index (κ1) is 14.4. The van der Waals surface area contributed by atoms with Crippen molar-refractivity contribution in [1.29, 1.82) is 0 Å². The summed E-state index contributed by atoms with van der Waals surface area (Å²) >= 11 is 0. The topological polar surface area (TPSA) is 56.2 Å². The molecule has 1 aromatic heterocycles. The molecule has 0 saturated heterocycles. The van der Waals surface area contributed by atoms with Gasteiger partial charge in [0.05, 0.1) is 5.39 Å². The van der Waals surface area contributed by atoms with Gasteiger partial charge in [-0.3, -0.25) is 4.79 Å². The SMILES string of the molecule is CC(C)(C)c1ccc(-c2cc(=O)c3cc(N)ccc3o2)cc1. The highest BCUT2D eigenvalue weighted by Gasteiger charge is 2.14. The standard InChI is InChI=1S/C19H19NO2/c1-19(2,3)13-6-4-12(5-7-13)18-11-16(21)15-10-14(20)8-9-17(15)22-18/h4-11H,20H2,1-3H3. The molecule has 0 aliphatic rings. The van der Waals surface area contributed by atoms with E-state index < -0.39 is 0 Å². The molecule has 0 radical (unpaired) electrons. The van der Waals surface area contributed by atoms with Crippen LogP contribution in [0, 0.1) is 0 Å². The van der Waals surface area contributed by atoms with Gasteiger partial charge in [0.1, 0.15) is 11.3 Å². The van der Waals surface area contributed by atoms with Crippen molar-refractivity contribution < 1.29 is 4.42 Å². The second-order valence-electron chi connectivity index (χ2n) is 6.56. The Bertz CT molecular complexity index is 884. The predicted molar refractivity (Wildman–Crippen MR) is 91.0 cm³/mol. The maximum atomic E-state index is 12.2. The van der Waals surface area contributed by atoms with Crippen molar-refractivity contribution in [2.75, 3.05) is 5.73 Å². The Morgan fingerprint density at radius 2 is 1.64 bits per heavy atom. The average Bonchev–Trinajstić information content (AvgIpc) is 2.47. The van der Waals surface area contributed by atoms with Gasteiger partial charge in [-0.2, -0.15) is 0 Å². The molecule has 112 valence electrons. The van der Waals surface area contributed by atoms with Crippen LogP contribution < -0.4 is 11.2 Å². The molecule has 2 aromatic carbocycles. The first-order valence-electron chi connectivity index (χ1n) is 7.29. The van der Waals surface area contributed by atoms with Crippen LogP contribution in [-0.2, 0) is 5.41 Å². The first-order valence-corrected chi connectivity index (χ1v) is 7.29. The molecule has 3 rings (SSSR count). The molecule has 0 unspecified atom stereocenters. The maximum Gasteiger partial charge on any atom is 0.193 e. The van der Waals surface area contributed by atoms with Crippen LogP contribution in [0.4, 0.5) is 5.69 Å². The third kappa shape index (κ3) is 2.62. The van der Waals surface area contributed by atoms with E-state index in [1.807, 2.05) is 12.1 Å². The number of nitrogen functional groups attached to an aromatic ring is 1. The number of hydrogen-bond acceptors (Lipinski definition) is 3. The third-order valence-electron chi connectivity index (χ3n) is 3.79. The Hall–Kier alpha value is -2.55. The van der Waals surface area contributed by atoms with E-state index >= 15 is 0 Å². The average molecular weight is 293 g/mol. The number of nitrogens with two attached hydrogens (primary N) is 1. The molecular formula is C19H19NO2. The fourth-order valence-corrected chi connectivity index (χ4v) is 2.45. The van der Waals surface area contributed by atoms with E-state index in [0.717, 1.165) is 5.56 Å². The van der Waals surface area contributed by atoms with Crippen LogP contribution in [0.1, 0.15) is 26.3 Å². The lowest BCUT2D eigenvalue weighted by molar-refractivity contribution is 0.589. The van der Waals surface area contributed by atoms with Crippen LogP contribution in [0.2, 0.25) is 0 Å². The van der Waals surface area contributed by atoms with Crippen LogP contribution in [0.15, 0.2) is 57.7 Å². The van der Waals surface area contributed by atoms with Gasteiger partial charge >= 0.3 is 0 Å². The lowest BCUT2D eigenvalue weighted by atomic mass is 9.86. The zero-order valence-corrected chi connectivity index (χ0v) is 13.0. The van der Waals surface area contributed by atoms with Gasteiger partial charge in [-0.25, -0.2) is 0 Å². The highest BCUT2D eigenvalue weighted by molar-refractivity contribution is 5.81. The summed E-state index contributed by atoms with van der Waals surface area (Å²) in [6.45, 7) is 6.51.